The van der Waals surface area contributed by atoms with Crippen molar-refractivity contribution in [3.05, 3.63) is 81.9 Å². The fourth-order valence-electron chi connectivity index (χ4n) is 2.46. The number of nitrogens with zero attached hydrogens (tertiary/aromatic N) is 3. The second kappa shape index (κ2) is 7.02. The molecule has 2 aromatic heterocycles. The Morgan fingerprint density at radius 2 is 1.81 bits per heavy atom. The number of halogens is 3. The van der Waals surface area contributed by atoms with Gasteiger partial charge in [0.25, 0.3) is 5.91 Å². The minimum atomic E-state index is -4.62. The predicted molar refractivity (Wildman–Crippen MR) is 91.8 cm³/mol. The molecule has 0 atom stereocenters. The number of aromatic nitrogens is 3. The summed E-state index contributed by atoms with van der Waals surface area (Å²) in [6.07, 6.45) is -3.18. The van der Waals surface area contributed by atoms with Crippen LogP contribution in [0.1, 0.15) is 21.7 Å². The molecule has 0 aliphatic carbocycles. The van der Waals surface area contributed by atoms with Gasteiger partial charge in [0, 0.05) is 18.0 Å². The Morgan fingerprint density at radius 1 is 1.11 bits per heavy atom. The zero-order chi connectivity index (χ0) is 19.6. The Hall–Kier alpha value is -3.49. The molecule has 0 spiro atoms. The van der Waals surface area contributed by atoms with E-state index < -0.39 is 28.8 Å². The second-order valence-corrected chi connectivity index (χ2v) is 5.59. The van der Waals surface area contributed by atoms with Crippen molar-refractivity contribution < 1.29 is 18.0 Å². The number of hydrogen-bond acceptors (Lipinski definition) is 4. The smallest absolute Gasteiger partial charge is 0.305 e. The average Bonchev–Trinajstić information content (AvgIpc) is 2.62. The van der Waals surface area contributed by atoms with Crippen LogP contribution in [0, 0.1) is 6.92 Å². The number of aryl methyl sites for hydroxylation is 1. The van der Waals surface area contributed by atoms with E-state index in [2.05, 4.69) is 15.4 Å². The summed E-state index contributed by atoms with van der Waals surface area (Å²) in [6, 6.07) is 10.6. The number of alkyl halides is 3. The van der Waals surface area contributed by atoms with Crippen molar-refractivity contribution in [2.45, 2.75) is 13.1 Å². The largest absolute Gasteiger partial charge is 0.418 e. The summed E-state index contributed by atoms with van der Waals surface area (Å²) in [6.45, 7) is 1.43. The highest BCUT2D eigenvalue weighted by atomic mass is 19.4. The van der Waals surface area contributed by atoms with E-state index in [0.717, 1.165) is 16.8 Å². The molecule has 0 radical (unpaired) electrons. The molecule has 0 saturated heterocycles. The lowest BCUT2D eigenvalue weighted by molar-refractivity contribution is -0.137. The van der Waals surface area contributed by atoms with Crippen LogP contribution in [0.3, 0.4) is 0 Å². The first-order valence-corrected chi connectivity index (χ1v) is 7.77. The van der Waals surface area contributed by atoms with Gasteiger partial charge in [0.1, 0.15) is 5.82 Å². The maximum absolute atomic E-state index is 13.3. The summed E-state index contributed by atoms with van der Waals surface area (Å²) >= 11 is 0. The lowest BCUT2D eigenvalue weighted by atomic mass is 10.1. The van der Waals surface area contributed by atoms with Crippen molar-refractivity contribution in [3.8, 4) is 5.69 Å². The lowest BCUT2D eigenvalue weighted by Gasteiger charge is -2.16. The van der Waals surface area contributed by atoms with Crippen LogP contribution in [0.25, 0.3) is 5.69 Å². The summed E-state index contributed by atoms with van der Waals surface area (Å²) < 4.78 is 40.8. The fourth-order valence-corrected chi connectivity index (χ4v) is 2.46. The molecule has 138 valence electrons. The van der Waals surface area contributed by atoms with Gasteiger partial charge in [0.2, 0.25) is 5.43 Å². The first kappa shape index (κ1) is 18.3. The molecule has 3 aromatic rings. The minimum absolute atomic E-state index is 0.158. The van der Waals surface area contributed by atoms with Gasteiger partial charge >= 0.3 is 6.18 Å². The van der Waals surface area contributed by atoms with E-state index in [1.54, 1.807) is 12.1 Å². The Bertz CT molecular complexity index is 1050. The molecule has 1 N–H and O–H groups in total. The summed E-state index contributed by atoms with van der Waals surface area (Å²) in [4.78, 5) is 28.4. The maximum atomic E-state index is 13.3. The van der Waals surface area contributed by atoms with Crippen LogP contribution in [-0.4, -0.2) is 20.7 Å². The van der Waals surface area contributed by atoms with Crippen molar-refractivity contribution >= 4 is 11.7 Å². The van der Waals surface area contributed by atoms with Crippen molar-refractivity contribution in [2.75, 3.05) is 5.32 Å². The van der Waals surface area contributed by atoms with E-state index in [4.69, 9.17) is 0 Å². The number of hydrogen-bond donors (Lipinski definition) is 1. The lowest BCUT2D eigenvalue weighted by Crippen LogP contribution is -2.27. The number of benzene rings is 1. The molecule has 0 unspecified atom stereocenters. The molecule has 0 aliphatic rings. The van der Waals surface area contributed by atoms with Gasteiger partial charge in [-0.1, -0.05) is 18.2 Å². The van der Waals surface area contributed by atoms with Crippen LogP contribution in [-0.2, 0) is 6.18 Å². The second-order valence-electron chi connectivity index (χ2n) is 5.59. The third kappa shape index (κ3) is 3.86. The molecule has 0 bridgehead atoms. The topological polar surface area (TPSA) is 76.9 Å². The van der Waals surface area contributed by atoms with Gasteiger partial charge in [0.05, 0.1) is 11.3 Å². The number of para-hydroxylation sites is 1. The van der Waals surface area contributed by atoms with Crippen molar-refractivity contribution in [1.29, 1.82) is 0 Å². The number of pyridine rings is 1. The molecule has 0 saturated carbocycles. The summed E-state index contributed by atoms with van der Waals surface area (Å²) in [5, 5.41) is 6.27. The van der Waals surface area contributed by atoms with E-state index in [-0.39, 0.29) is 17.2 Å². The van der Waals surface area contributed by atoms with E-state index in [1.807, 2.05) is 0 Å². The zero-order valence-corrected chi connectivity index (χ0v) is 14.0. The fraction of sp³-hybridized carbons (Fsp3) is 0.111. The SMILES string of the molecule is Cc1cc(=O)c(C(=O)Nc2ccccn2)nn1-c1ccccc1C(F)(F)F. The monoisotopic (exact) mass is 374 g/mol. The zero-order valence-electron chi connectivity index (χ0n) is 14.0. The Labute approximate surface area is 151 Å². The molecule has 3 rings (SSSR count). The number of carbonyl (C=O) groups is 1. The third-order valence-electron chi connectivity index (χ3n) is 3.67. The molecule has 6 nitrogen and oxygen atoms in total. The Balaban J connectivity index is 2.09. The highest BCUT2D eigenvalue weighted by Gasteiger charge is 2.34. The van der Waals surface area contributed by atoms with Gasteiger partial charge in [0.15, 0.2) is 5.69 Å². The molecule has 0 aliphatic heterocycles. The van der Waals surface area contributed by atoms with Crippen LogP contribution in [0.4, 0.5) is 19.0 Å². The standard InChI is InChI=1S/C18H13F3N4O2/c1-11-10-14(26)16(17(27)23-15-8-4-5-9-22-15)24-25(11)13-7-3-2-6-12(13)18(19,20)21/h2-10H,1H3,(H,22,23,27). The predicted octanol–water partition coefficient (Wildman–Crippen LogP) is 3.21. The van der Waals surface area contributed by atoms with E-state index in [9.17, 15) is 22.8 Å². The molecular weight excluding hydrogens is 361 g/mol. The Morgan fingerprint density at radius 3 is 2.48 bits per heavy atom. The van der Waals surface area contributed by atoms with Crippen LogP contribution >= 0.6 is 0 Å². The van der Waals surface area contributed by atoms with Crippen LogP contribution < -0.4 is 10.7 Å². The molecule has 0 fully saturated rings. The number of amides is 1. The number of anilines is 1. The number of rotatable bonds is 3. The average molecular weight is 374 g/mol. The molecule has 2 heterocycles. The molecule has 27 heavy (non-hydrogen) atoms. The number of carbonyl (C=O) groups excluding carboxylic acids is 1. The van der Waals surface area contributed by atoms with E-state index >= 15 is 0 Å². The van der Waals surface area contributed by atoms with Crippen LogP contribution in [0.2, 0.25) is 0 Å². The van der Waals surface area contributed by atoms with Gasteiger partial charge in [-0.15, -0.1) is 0 Å². The van der Waals surface area contributed by atoms with Gasteiger partial charge in [-0.05, 0) is 31.2 Å². The van der Waals surface area contributed by atoms with Crippen LogP contribution in [0.5, 0.6) is 0 Å². The normalized spacial score (nSPS) is 11.3. The molecular formula is C18H13F3N4O2. The van der Waals surface area contributed by atoms with Crippen molar-refractivity contribution in [1.82, 2.24) is 14.8 Å². The molecule has 1 aromatic carbocycles. The first-order valence-electron chi connectivity index (χ1n) is 7.77. The first-order chi connectivity index (χ1) is 12.8. The maximum Gasteiger partial charge on any atom is 0.418 e. The summed E-state index contributed by atoms with van der Waals surface area (Å²) in [5.41, 5.74) is -2.30. The third-order valence-corrected chi connectivity index (χ3v) is 3.67. The van der Waals surface area contributed by atoms with Crippen molar-refractivity contribution in [3.63, 3.8) is 0 Å². The summed E-state index contributed by atoms with van der Waals surface area (Å²) in [5.74, 6) is -0.677. The van der Waals surface area contributed by atoms with E-state index in [0.29, 0.717) is 0 Å². The minimum Gasteiger partial charge on any atom is -0.305 e. The highest BCUT2D eigenvalue weighted by molar-refractivity contribution is 6.02. The van der Waals surface area contributed by atoms with Gasteiger partial charge < -0.3 is 5.32 Å². The summed E-state index contributed by atoms with van der Waals surface area (Å²) in [7, 11) is 0. The quantitative estimate of drug-likeness (QED) is 0.764. The van der Waals surface area contributed by atoms with E-state index in [1.165, 1.54) is 37.4 Å². The van der Waals surface area contributed by atoms with Crippen LogP contribution in [0.15, 0.2) is 59.5 Å². The molecule has 9 heteroatoms. The Kier molecular flexibility index (Phi) is 4.76. The van der Waals surface area contributed by atoms with Gasteiger partial charge in [-0.2, -0.15) is 18.3 Å². The van der Waals surface area contributed by atoms with Gasteiger partial charge in [-0.3, -0.25) is 9.59 Å². The highest BCUT2D eigenvalue weighted by Crippen LogP contribution is 2.33. The number of nitrogens with one attached hydrogen (secondary N) is 1. The van der Waals surface area contributed by atoms with Crippen molar-refractivity contribution in [2.24, 2.45) is 0 Å². The molecule has 1 amide bonds. The van der Waals surface area contributed by atoms with Gasteiger partial charge in [-0.25, -0.2) is 9.67 Å².